The lowest BCUT2D eigenvalue weighted by molar-refractivity contribution is 0.122. The van der Waals surface area contributed by atoms with E-state index in [1.165, 1.54) is 4.88 Å². The third-order valence-electron chi connectivity index (χ3n) is 3.68. The maximum absolute atomic E-state index is 5.56. The van der Waals surface area contributed by atoms with Crippen LogP contribution in [-0.4, -0.2) is 37.0 Å². The fourth-order valence-corrected chi connectivity index (χ4v) is 3.86. The Balaban J connectivity index is 1.93. The largest absolute Gasteiger partial charge is 0.378 e. The van der Waals surface area contributed by atoms with Gasteiger partial charge in [-0.15, -0.1) is 0 Å². The molecule has 0 aromatic carbocycles. The van der Waals surface area contributed by atoms with E-state index in [4.69, 9.17) is 15.6 Å². The zero-order valence-electron chi connectivity index (χ0n) is 11.5. The van der Waals surface area contributed by atoms with Crippen molar-refractivity contribution in [3.8, 4) is 0 Å². The van der Waals surface area contributed by atoms with Crippen LogP contribution in [0.3, 0.4) is 0 Å². The van der Waals surface area contributed by atoms with Crippen molar-refractivity contribution in [3.63, 3.8) is 0 Å². The average molecular weight is 280 g/mol. The molecule has 6 heteroatoms. The third-order valence-corrected chi connectivity index (χ3v) is 4.89. The smallest absolute Gasteiger partial charge is 0.186 e. The first kappa shape index (κ1) is 12.9. The van der Waals surface area contributed by atoms with Crippen LogP contribution in [-0.2, 0) is 11.2 Å². The highest BCUT2D eigenvalue weighted by Crippen LogP contribution is 2.39. The number of ether oxygens (including phenoxy) is 1. The van der Waals surface area contributed by atoms with E-state index in [-0.39, 0.29) is 5.41 Å². The summed E-state index contributed by atoms with van der Waals surface area (Å²) in [5.41, 5.74) is 2.36. The van der Waals surface area contributed by atoms with Crippen molar-refractivity contribution < 1.29 is 4.74 Å². The summed E-state index contributed by atoms with van der Waals surface area (Å²) in [6, 6.07) is 0. The first-order valence-corrected chi connectivity index (χ1v) is 7.50. The van der Waals surface area contributed by atoms with E-state index < -0.39 is 0 Å². The molecule has 0 amide bonds. The van der Waals surface area contributed by atoms with Crippen LogP contribution >= 0.6 is 11.3 Å². The Kier molecular flexibility index (Phi) is 3.22. The summed E-state index contributed by atoms with van der Waals surface area (Å²) in [5.74, 6) is 5.56. The monoisotopic (exact) mass is 280 g/mol. The summed E-state index contributed by atoms with van der Waals surface area (Å²) < 4.78 is 5.39. The fraction of sp³-hybridized carbons (Fsp3) is 0.692. The fourth-order valence-electron chi connectivity index (χ4n) is 2.73. The molecular formula is C13H20N4OS. The van der Waals surface area contributed by atoms with Gasteiger partial charge in [-0.25, -0.2) is 4.98 Å². The van der Waals surface area contributed by atoms with Crippen molar-refractivity contribution in [2.45, 2.75) is 26.7 Å². The number of nitrogens with two attached hydrogens (primary N) is 1. The van der Waals surface area contributed by atoms with Gasteiger partial charge in [-0.3, -0.25) is 0 Å². The van der Waals surface area contributed by atoms with Crippen LogP contribution in [0.1, 0.15) is 30.8 Å². The molecule has 0 saturated carbocycles. The molecule has 1 aromatic heterocycles. The van der Waals surface area contributed by atoms with Gasteiger partial charge in [0.25, 0.3) is 0 Å². The van der Waals surface area contributed by atoms with Crippen LogP contribution in [0.2, 0.25) is 0 Å². The number of rotatable bonds is 1. The molecule has 3 rings (SSSR count). The van der Waals surface area contributed by atoms with Gasteiger partial charge in [-0.05, 0) is 18.3 Å². The molecule has 0 spiro atoms. The van der Waals surface area contributed by atoms with Gasteiger partial charge in [0.05, 0.1) is 29.5 Å². The topological polar surface area (TPSA) is 63.7 Å². The molecule has 1 aromatic rings. The van der Waals surface area contributed by atoms with Gasteiger partial charge < -0.3 is 15.5 Å². The van der Waals surface area contributed by atoms with E-state index in [9.17, 15) is 0 Å². The predicted octanol–water partition coefficient (Wildman–Crippen LogP) is 1.61. The summed E-state index contributed by atoms with van der Waals surface area (Å²) in [4.78, 5) is 8.30. The summed E-state index contributed by atoms with van der Waals surface area (Å²) in [7, 11) is 0. The van der Waals surface area contributed by atoms with E-state index in [1.807, 2.05) is 0 Å². The van der Waals surface area contributed by atoms with E-state index >= 15 is 0 Å². The second-order valence-corrected chi connectivity index (χ2v) is 6.94. The molecule has 1 fully saturated rings. The highest BCUT2D eigenvalue weighted by atomic mass is 32.1. The molecule has 2 N–H and O–H groups in total. The Labute approximate surface area is 117 Å². The number of hydrogen-bond donors (Lipinski definition) is 1. The zero-order valence-corrected chi connectivity index (χ0v) is 12.3. The van der Waals surface area contributed by atoms with Crippen LogP contribution in [0.25, 0.3) is 0 Å². The van der Waals surface area contributed by atoms with Gasteiger partial charge >= 0.3 is 0 Å². The standard InChI is InChI=1S/C13H20N4OS/c1-13(2)7-9-11(10(8-13)16-14)19-12(15-9)17-3-5-18-6-4-17/h3-8,14H2,1-2H3/b16-10-. The molecule has 0 bridgehead atoms. The molecule has 1 saturated heterocycles. The SMILES string of the molecule is CC1(C)C/C(=N/N)c2sc(N3CCOCC3)nc2C1. The molecule has 1 aliphatic heterocycles. The van der Waals surface area contributed by atoms with E-state index in [0.717, 1.165) is 55.7 Å². The van der Waals surface area contributed by atoms with E-state index in [0.29, 0.717) is 0 Å². The van der Waals surface area contributed by atoms with Crippen molar-refractivity contribution in [2.75, 3.05) is 31.2 Å². The van der Waals surface area contributed by atoms with Crippen molar-refractivity contribution in [3.05, 3.63) is 10.6 Å². The Morgan fingerprint density at radius 2 is 2.05 bits per heavy atom. The maximum Gasteiger partial charge on any atom is 0.186 e. The first-order chi connectivity index (χ1) is 9.09. The van der Waals surface area contributed by atoms with Crippen LogP contribution in [0.5, 0.6) is 0 Å². The highest BCUT2D eigenvalue weighted by Gasteiger charge is 2.33. The number of nitrogens with zero attached hydrogens (tertiary/aromatic N) is 3. The molecule has 2 heterocycles. The summed E-state index contributed by atoms with van der Waals surface area (Å²) in [5, 5.41) is 5.08. The summed E-state index contributed by atoms with van der Waals surface area (Å²) in [6.45, 7) is 7.90. The van der Waals surface area contributed by atoms with Gasteiger partial charge in [-0.2, -0.15) is 5.10 Å². The van der Waals surface area contributed by atoms with E-state index in [1.54, 1.807) is 11.3 Å². The van der Waals surface area contributed by atoms with Crippen LogP contribution in [0.4, 0.5) is 5.13 Å². The number of morpholine rings is 1. The van der Waals surface area contributed by atoms with Crippen LogP contribution < -0.4 is 10.7 Å². The van der Waals surface area contributed by atoms with Crippen molar-refractivity contribution >= 4 is 22.2 Å². The number of fused-ring (bicyclic) bond motifs is 1. The quantitative estimate of drug-likeness (QED) is 0.627. The molecule has 0 atom stereocenters. The number of hydrogen-bond acceptors (Lipinski definition) is 6. The van der Waals surface area contributed by atoms with Gasteiger partial charge in [0.1, 0.15) is 0 Å². The minimum Gasteiger partial charge on any atom is -0.378 e. The molecule has 1 aliphatic carbocycles. The summed E-state index contributed by atoms with van der Waals surface area (Å²) in [6.07, 6.45) is 1.93. The van der Waals surface area contributed by atoms with Crippen molar-refractivity contribution in [2.24, 2.45) is 16.4 Å². The van der Waals surface area contributed by atoms with Crippen molar-refractivity contribution in [1.29, 1.82) is 0 Å². The predicted molar refractivity (Wildman–Crippen MR) is 78.0 cm³/mol. The van der Waals surface area contributed by atoms with Crippen LogP contribution in [0.15, 0.2) is 5.10 Å². The Morgan fingerprint density at radius 1 is 1.32 bits per heavy atom. The lowest BCUT2D eigenvalue weighted by atomic mass is 9.78. The Morgan fingerprint density at radius 3 is 2.74 bits per heavy atom. The number of hydrazone groups is 1. The average Bonchev–Trinajstić information content (AvgIpc) is 2.81. The summed E-state index contributed by atoms with van der Waals surface area (Å²) >= 11 is 1.72. The second kappa shape index (κ2) is 4.76. The second-order valence-electron chi connectivity index (χ2n) is 5.97. The van der Waals surface area contributed by atoms with Gasteiger partial charge in [-0.1, -0.05) is 25.2 Å². The van der Waals surface area contributed by atoms with Gasteiger partial charge in [0, 0.05) is 13.1 Å². The van der Waals surface area contributed by atoms with Crippen LogP contribution in [0, 0.1) is 5.41 Å². The molecule has 0 unspecified atom stereocenters. The number of anilines is 1. The third kappa shape index (κ3) is 2.47. The first-order valence-electron chi connectivity index (χ1n) is 6.68. The van der Waals surface area contributed by atoms with Gasteiger partial charge in [0.15, 0.2) is 5.13 Å². The molecule has 19 heavy (non-hydrogen) atoms. The number of aromatic nitrogens is 1. The van der Waals surface area contributed by atoms with E-state index in [2.05, 4.69) is 23.8 Å². The Hall–Kier alpha value is -1.14. The lowest BCUT2D eigenvalue weighted by Crippen LogP contribution is -2.36. The normalized spacial score (nSPS) is 24.5. The molecule has 104 valence electrons. The van der Waals surface area contributed by atoms with Gasteiger partial charge in [0.2, 0.25) is 0 Å². The molecular weight excluding hydrogens is 260 g/mol. The zero-order chi connectivity index (χ0) is 13.5. The molecule has 0 radical (unpaired) electrons. The molecule has 2 aliphatic rings. The highest BCUT2D eigenvalue weighted by molar-refractivity contribution is 7.17. The van der Waals surface area contributed by atoms with Crippen molar-refractivity contribution in [1.82, 2.24) is 4.98 Å². The lowest BCUT2D eigenvalue weighted by Gasteiger charge is -2.28. The minimum atomic E-state index is 0.196. The maximum atomic E-state index is 5.56. The Bertz CT molecular complexity index is 503. The molecule has 5 nitrogen and oxygen atoms in total. The minimum absolute atomic E-state index is 0.196. The number of thiazole rings is 1.